The molecule has 0 amide bonds. The van der Waals surface area contributed by atoms with Crippen LogP contribution in [0.3, 0.4) is 0 Å². The van der Waals surface area contributed by atoms with E-state index in [0.29, 0.717) is 0 Å². The largest absolute Gasteiger partial charge is 0.478 e. The van der Waals surface area contributed by atoms with Gasteiger partial charge in [-0.25, -0.2) is 4.79 Å². The van der Waals surface area contributed by atoms with Crippen LogP contribution in [0.1, 0.15) is 13.3 Å². The molecule has 5 nitrogen and oxygen atoms in total. The van der Waals surface area contributed by atoms with Gasteiger partial charge in [0.25, 0.3) is 0 Å². The Morgan fingerprint density at radius 2 is 2.19 bits per heavy atom. The third-order valence-electron chi connectivity index (χ3n) is 1.74. The van der Waals surface area contributed by atoms with Crippen molar-refractivity contribution in [3.05, 3.63) is 36.5 Å². The number of carboxylic acid groups (broad SMARTS) is 1. The third kappa shape index (κ3) is 6.13. The van der Waals surface area contributed by atoms with Crippen molar-refractivity contribution in [3.8, 4) is 0 Å². The van der Waals surface area contributed by atoms with Crippen LogP contribution in [-0.2, 0) is 4.79 Å². The number of hydrogen-bond donors (Lipinski definition) is 4. The predicted octanol–water partition coefficient (Wildman–Crippen LogP) is 0.158. The fourth-order valence-corrected chi connectivity index (χ4v) is 0.850. The molecule has 1 rings (SSSR count). The van der Waals surface area contributed by atoms with Crippen molar-refractivity contribution >= 4 is 5.97 Å². The van der Waals surface area contributed by atoms with Gasteiger partial charge in [-0.3, -0.25) is 5.73 Å². The highest BCUT2D eigenvalue weighted by Crippen LogP contribution is 2.10. The first-order valence-corrected chi connectivity index (χ1v) is 4.85. The SMILES string of the molecule is CCC=CC(=O)O.NC1(O)C=CC=CC1O. The third-order valence-corrected chi connectivity index (χ3v) is 1.74. The van der Waals surface area contributed by atoms with Crippen LogP contribution >= 0.6 is 0 Å². The van der Waals surface area contributed by atoms with Gasteiger partial charge in [0.05, 0.1) is 0 Å². The average molecular weight is 227 g/mol. The molecule has 0 saturated carbocycles. The molecule has 5 heteroatoms. The number of rotatable bonds is 2. The van der Waals surface area contributed by atoms with E-state index < -0.39 is 17.8 Å². The van der Waals surface area contributed by atoms with E-state index in [1.165, 1.54) is 12.2 Å². The summed E-state index contributed by atoms with van der Waals surface area (Å²) in [7, 11) is 0. The molecule has 0 aromatic rings. The maximum absolute atomic E-state index is 9.67. The maximum atomic E-state index is 9.67. The Bertz CT molecular complexity index is 305. The van der Waals surface area contributed by atoms with Gasteiger partial charge in [-0.1, -0.05) is 31.2 Å². The van der Waals surface area contributed by atoms with Crippen molar-refractivity contribution < 1.29 is 20.1 Å². The minimum atomic E-state index is -1.57. The van der Waals surface area contributed by atoms with E-state index in [1.807, 2.05) is 6.92 Å². The molecule has 16 heavy (non-hydrogen) atoms. The molecule has 0 aliphatic heterocycles. The number of allylic oxidation sites excluding steroid dienone is 3. The van der Waals surface area contributed by atoms with E-state index in [-0.39, 0.29) is 0 Å². The molecule has 5 N–H and O–H groups in total. The lowest BCUT2D eigenvalue weighted by Crippen LogP contribution is -2.48. The Kier molecular flexibility index (Phi) is 6.32. The second kappa shape index (κ2) is 6.95. The average Bonchev–Trinajstić information content (AvgIpc) is 2.20. The molecular weight excluding hydrogens is 210 g/mol. The first kappa shape index (κ1) is 14.6. The van der Waals surface area contributed by atoms with E-state index in [0.717, 1.165) is 12.5 Å². The van der Waals surface area contributed by atoms with Crippen LogP contribution in [0, 0.1) is 0 Å². The predicted molar refractivity (Wildman–Crippen MR) is 60.5 cm³/mol. The molecule has 2 atom stereocenters. The van der Waals surface area contributed by atoms with Crippen LogP contribution in [0.5, 0.6) is 0 Å². The molecule has 0 radical (unpaired) electrons. The van der Waals surface area contributed by atoms with Crippen LogP contribution in [0.2, 0.25) is 0 Å². The van der Waals surface area contributed by atoms with Gasteiger partial charge >= 0.3 is 5.97 Å². The summed E-state index contributed by atoms with van der Waals surface area (Å²) in [5.74, 6) is -0.873. The Balaban J connectivity index is 0.000000293. The zero-order valence-corrected chi connectivity index (χ0v) is 9.08. The van der Waals surface area contributed by atoms with Crippen molar-refractivity contribution in [2.75, 3.05) is 0 Å². The summed E-state index contributed by atoms with van der Waals surface area (Å²) >= 11 is 0. The van der Waals surface area contributed by atoms with Crippen molar-refractivity contribution in [2.24, 2.45) is 5.73 Å². The monoisotopic (exact) mass is 227 g/mol. The van der Waals surface area contributed by atoms with Crippen molar-refractivity contribution in [2.45, 2.75) is 25.2 Å². The normalized spacial score (nSPS) is 27.6. The van der Waals surface area contributed by atoms with E-state index in [4.69, 9.17) is 21.1 Å². The molecule has 0 saturated heterocycles. The van der Waals surface area contributed by atoms with Gasteiger partial charge in [0.15, 0.2) is 5.72 Å². The summed E-state index contributed by atoms with van der Waals surface area (Å²) in [6.07, 6.45) is 8.54. The fourth-order valence-electron chi connectivity index (χ4n) is 0.850. The number of nitrogens with two attached hydrogens (primary N) is 1. The minimum absolute atomic E-state index is 0.784. The minimum Gasteiger partial charge on any atom is -0.478 e. The molecule has 0 aromatic heterocycles. The molecule has 1 aliphatic carbocycles. The molecule has 2 unspecified atom stereocenters. The number of hydrogen-bond acceptors (Lipinski definition) is 4. The molecule has 90 valence electrons. The topological polar surface area (TPSA) is 104 Å². The Hall–Kier alpha value is -1.43. The zero-order chi connectivity index (χ0) is 12.6. The standard InChI is InChI=1S/C6H9NO2.C5H8O2/c7-6(9)4-2-1-3-5(6)8;1-2-3-4-5(6)7/h1-5,8-9H,7H2;3-4H,2H2,1H3,(H,6,7). The molecule has 0 bridgehead atoms. The quantitative estimate of drug-likeness (QED) is 0.397. The van der Waals surface area contributed by atoms with Crippen LogP contribution in [0.4, 0.5) is 0 Å². The number of aliphatic hydroxyl groups is 2. The first-order chi connectivity index (χ1) is 7.40. The molecule has 1 aliphatic rings. The van der Waals surface area contributed by atoms with Crippen molar-refractivity contribution in [1.82, 2.24) is 0 Å². The molecular formula is C11H17NO4. The second-order valence-electron chi connectivity index (χ2n) is 3.23. The van der Waals surface area contributed by atoms with E-state index in [2.05, 4.69) is 0 Å². The van der Waals surface area contributed by atoms with Gasteiger partial charge in [0.2, 0.25) is 0 Å². The van der Waals surface area contributed by atoms with Crippen molar-refractivity contribution in [1.29, 1.82) is 0 Å². The van der Waals surface area contributed by atoms with Crippen LogP contribution < -0.4 is 5.73 Å². The summed E-state index contributed by atoms with van der Waals surface area (Å²) in [6, 6.07) is 0. The lowest BCUT2D eigenvalue weighted by molar-refractivity contribution is -0.131. The van der Waals surface area contributed by atoms with Gasteiger partial charge in [-0.15, -0.1) is 0 Å². The maximum Gasteiger partial charge on any atom is 0.327 e. The molecule has 0 heterocycles. The van der Waals surface area contributed by atoms with Crippen LogP contribution in [0.15, 0.2) is 36.5 Å². The van der Waals surface area contributed by atoms with Gasteiger partial charge in [0, 0.05) is 6.08 Å². The lowest BCUT2D eigenvalue weighted by Gasteiger charge is -2.24. The second-order valence-corrected chi connectivity index (χ2v) is 3.23. The van der Waals surface area contributed by atoms with Gasteiger partial charge < -0.3 is 15.3 Å². The summed E-state index contributed by atoms with van der Waals surface area (Å²) in [5, 5.41) is 25.9. The van der Waals surface area contributed by atoms with Gasteiger partial charge in [0.1, 0.15) is 6.10 Å². The fraction of sp³-hybridized carbons (Fsp3) is 0.364. The number of aliphatic carboxylic acids is 1. The first-order valence-electron chi connectivity index (χ1n) is 4.85. The van der Waals surface area contributed by atoms with Crippen molar-refractivity contribution in [3.63, 3.8) is 0 Å². The summed E-state index contributed by atoms with van der Waals surface area (Å²) in [5.41, 5.74) is 3.61. The molecule has 0 aromatic carbocycles. The highest BCUT2D eigenvalue weighted by molar-refractivity contribution is 5.79. The number of aliphatic hydroxyl groups excluding tert-OH is 1. The van der Waals surface area contributed by atoms with Gasteiger partial charge in [-0.2, -0.15) is 0 Å². The summed E-state index contributed by atoms with van der Waals surface area (Å²) in [4.78, 5) is 9.67. The van der Waals surface area contributed by atoms with E-state index in [9.17, 15) is 4.79 Å². The zero-order valence-electron chi connectivity index (χ0n) is 9.08. The Morgan fingerprint density at radius 3 is 2.44 bits per heavy atom. The highest BCUT2D eigenvalue weighted by atomic mass is 16.4. The Morgan fingerprint density at radius 1 is 1.56 bits per heavy atom. The van der Waals surface area contributed by atoms with E-state index in [1.54, 1.807) is 18.2 Å². The summed E-state index contributed by atoms with van der Waals surface area (Å²) in [6.45, 7) is 1.89. The van der Waals surface area contributed by atoms with Crippen LogP contribution in [0.25, 0.3) is 0 Å². The Labute approximate surface area is 94.2 Å². The highest BCUT2D eigenvalue weighted by Gasteiger charge is 2.26. The number of carboxylic acids is 1. The van der Waals surface area contributed by atoms with E-state index >= 15 is 0 Å². The van der Waals surface area contributed by atoms with Gasteiger partial charge in [-0.05, 0) is 12.5 Å². The smallest absolute Gasteiger partial charge is 0.327 e. The molecule has 0 spiro atoms. The summed E-state index contributed by atoms with van der Waals surface area (Å²) < 4.78 is 0. The number of carbonyl (C=O) groups is 1. The lowest BCUT2D eigenvalue weighted by atomic mass is 10.0. The van der Waals surface area contributed by atoms with Crippen LogP contribution in [-0.4, -0.2) is 33.1 Å². The molecule has 0 fully saturated rings.